The second kappa shape index (κ2) is 8.51. The lowest BCUT2D eigenvalue weighted by Crippen LogP contribution is -2.37. The quantitative estimate of drug-likeness (QED) is 0.550. The molecule has 0 radical (unpaired) electrons. The average Bonchev–Trinajstić information content (AvgIpc) is 2.37. The molecule has 0 saturated heterocycles. The average molecular weight is 241 g/mol. The summed E-state index contributed by atoms with van der Waals surface area (Å²) in [5.41, 5.74) is 0. The van der Waals surface area contributed by atoms with Crippen LogP contribution >= 0.6 is 0 Å². The van der Waals surface area contributed by atoms with Crippen LogP contribution in [0.4, 0.5) is 0 Å². The molecule has 0 amide bonds. The fraction of sp³-hybridized carbons (Fsp3) is 0.929. The van der Waals surface area contributed by atoms with Gasteiger partial charge in [0, 0.05) is 6.04 Å². The van der Waals surface area contributed by atoms with Crippen LogP contribution in [0.5, 0.6) is 0 Å². The Bertz CT molecular complexity index is 218. The van der Waals surface area contributed by atoms with Crippen molar-refractivity contribution in [3.05, 3.63) is 0 Å². The van der Waals surface area contributed by atoms with Gasteiger partial charge in [-0.15, -0.1) is 0 Å². The lowest BCUT2D eigenvalue weighted by atomic mass is 9.84. The van der Waals surface area contributed by atoms with E-state index < -0.39 is 0 Å². The van der Waals surface area contributed by atoms with Gasteiger partial charge in [0.05, 0.1) is 13.2 Å². The SMILES string of the molecule is CCCCOC(=O)CNC1CCCC(CC)C1. The van der Waals surface area contributed by atoms with Crippen molar-refractivity contribution in [2.24, 2.45) is 5.92 Å². The fourth-order valence-corrected chi connectivity index (χ4v) is 2.46. The summed E-state index contributed by atoms with van der Waals surface area (Å²) in [4.78, 5) is 11.4. The molecule has 2 atom stereocenters. The van der Waals surface area contributed by atoms with Crippen molar-refractivity contribution in [2.75, 3.05) is 13.2 Å². The molecule has 0 aromatic rings. The van der Waals surface area contributed by atoms with Crippen molar-refractivity contribution in [1.29, 1.82) is 0 Å². The third kappa shape index (κ3) is 6.06. The molecular formula is C14H27NO2. The second-order valence-corrected chi connectivity index (χ2v) is 5.09. The molecule has 0 aromatic carbocycles. The normalized spacial score (nSPS) is 24.6. The fourth-order valence-electron chi connectivity index (χ4n) is 2.46. The Morgan fingerprint density at radius 2 is 2.18 bits per heavy atom. The van der Waals surface area contributed by atoms with E-state index in [0.717, 1.165) is 18.8 Å². The number of nitrogens with one attached hydrogen (secondary N) is 1. The number of unbranched alkanes of at least 4 members (excludes halogenated alkanes) is 1. The van der Waals surface area contributed by atoms with Crippen LogP contribution in [0, 0.1) is 5.92 Å². The molecule has 3 nitrogen and oxygen atoms in total. The first kappa shape index (κ1) is 14.5. The van der Waals surface area contributed by atoms with Gasteiger partial charge >= 0.3 is 5.97 Å². The van der Waals surface area contributed by atoms with Gasteiger partial charge in [0.1, 0.15) is 0 Å². The van der Waals surface area contributed by atoms with E-state index in [-0.39, 0.29) is 5.97 Å². The molecule has 0 bridgehead atoms. The molecule has 1 saturated carbocycles. The van der Waals surface area contributed by atoms with E-state index >= 15 is 0 Å². The Morgan fingerprint density at radius 1 is 1.35 bits per heavy atom. The molecule has 1 rings (SSSR count). The zero-order valence-corrected chi connectivity index (χ0v) is 11.3. The highest BCUT2D eigenvalue weighted by atomic mass is 16.5. The first-order chi connectivity index (χ1) is 8.26. The molecule has 1 aliphatic rings. The van der Waals surface area contributed by atoms with Crippen LogP contribution in [0.1, 0.15) is 58.8 Å². The minimum absolute atomic E-state index is 0.0999. The van der Waals surface area contributed by atoms with Crippen LogP contribution < -0.4 is 5.32 Å². The third-order valence-corrected chi connectivity index (χ3v) is 3.66. The van der Waals surface area contributed by atoms with Gasteiger partial charge in [-0.3, -0.25) is 4.79 Å². The molecule has 3 heteroatoms. The Labute approximate surface area is 105 Å². The van der Waals surface area contributed by atoms with Crippen molar-refractivity contribution in [2.45, 2.75) is 64.8 Å². The van der Waals surface area contributed by atoms with E-state index in [1.165, 1.54) is 32.1 Å². The molecule has 0 heterocycles. The maximum Gasteiger partial charge on any atom is 0.319 e. The molecule has 1 aliphatic carbocycles. The third-order valence-electron chi connectivity index (χ3n) is 3.66. The van der Waals surface area contributed by atoms with E-state index in [0.29, 0.717) is 19.2 Å². The van der Waals surface area contributed by atoms with Crippen LogP contribution in [0.2, 0.25) is 0 Å². The summed E-state index contributed by atoms with van der Waals surface area (Å²) < 4.78 is 5.13. The highest BCUT2D eigenvalue weighted by Gasteiger charge is 2.20. The molecule has 2 unspecified atom stereocenters. The van der Waals surface area contributed by atoms with Gasteiger partial charge in [0.2, 0.25) is 0 Å². The molecule has 0 aliphatic heterocycles. The summed E-state index contributed by atoms with van der Waals surface area (Å²) >= 11 is 0. The van der Waals surface area contributed by atoms with Crippen LogP contribution in [-0.2, 0) is 9.53 Å². The van der Waals surface area contributed by atoms with Crippen molar-refractivity contribution in [3.63, 3.8) is 0 Å². The minimum Gasteiger partial charge on any atom is -0.465 e. The number of ether oxygens (including phenoxy) is 1. The van der Waals surface area contributed by atoms with Crippen molar-refractivity contribution < 1.29 is 9.53 Å². The minimum atomic E-state index is -0.0999. The summed E-state index contributed by atoms with van der Waals surface area (Å²) in [6, 6.07) is 0.521. The summed E-state index contributed by atoms with van der Waals surface area (Å²) in [7, 11) is 0. The van der Waals surface area contributed by atoms with Gasteiger partial charge in [0.15, 0.2) is 0 Å². The van der Waals surface area contributed by atoms with Crippen molar-refractivity contribution in [3.8, 4) is 0 Å². The van der Waals surface area contributed by atoms with Crippen LogP contribution in [0.25, 0.3) is 0 Å². The van der Waals surface area contributed by atoms with Gasteiger partial charge < -0.3 is 10.1 Å². The topological polar surface area (TPSA) is 38.3 Å². The van der Waals surface area contributed by atoms with Crippen molar-refractivity contribution >= 4 is 5.97 Å². The van der Waals surface area contributed by atoms with E-state index in [9.17, 15) is 4.79 Å². The number of esters is 1. The molecule has 0 spiro atoms. The van der Waals surface area contributed by atoms with Gasteiger partial charge in [0.25, 0.3) is 0 Å². The standard InChI is InChI=1S/C14H27NO2/c1-3-5-9-17-14(16)11-15-13-8-6-7-12(4-2)10-13/h12-13,15H,3-11H2,1-2H3. The number of rotatable bonds is 7. The second-order valence-electron chi connectivity index (χ2n) is 5.09. The summed E-state index contributed by atoms with van der Waals surface area (Å²) in [6.45, 7) is 5.30. The first-order valence-corrected chi connectivity index (χ1v) is 7.15. The van der Waals surface area contributed by atoms with E-state index in [1.807, 2.05) is 0 Å². The first-order valence-electron chi connectivity index (χ1n) is 7.15. The molecule has 1 fully saturated rings. The lowest BCUT2D eigenvalue weighted by Gasteiger charge is -2.28. The van der Waals surface area contributed by atoms with Gasteiger partial charge in [-0.1, -0.05) is 39.5 Å². The molecule has 100 valence electrons. The van der Waals surface area contributed by atoms with Crippen LogP contribution in [0.3, 0.4) is 0 Å². The molecule has 1 N–H and O–H groups in total. The predicted octanol–water partition coefficient (Wildman–Crippen LogP) is 2.89. The number of carbonyl (C=O) groups excluding carboxylic acids is 1. The highest BCUT2D eigenvalue weighted by Crippen LogP contribution is 2.26. The monoisotopic (exact) mass is 241 g/mol. The van der Waals surface area contributed by atoms with E-state index in [4.69, 9.17) is 4.74 Å². The zero-order valence-electron chi connectivity index (χ0n) is 11.3. The highest BCUT2D eigenvalue weighted by molar-refractivity contribution is 5.71. The predicted molar refractivity (Wildman–Crippen MR) is 69.9 cm³/mol. The Kier molecular flexibility index (Phi) is 7.25. The van der Waals surface area contributed by atoms with Crippen molar-refractivity contribution in [1.82, 2.24) is 5.32 Å². The van der Waals surface area contributed by atoms with E-state index in [1.54, 1.807) is 0 Å². The molecular weight excluding hydrogens is 214 g/mol. The van der Waals surface area contributed by atoms with E-state index in [2.05, 4.69) is 19.2 Å². The summed E-state index contributed by atoms with van der Waals surface area (Å²) in [5.74, 6) is 0.745. The Balaban J connectivity index is 2.10. The molecule has 0 aromatic heterocycles. The maximum absolute atomic E-state index is 11.4. The summed E-state index contributed by atoms with van der Waals surface area (Å²) in [6.07, 6.45) is 8.38. The molecule has 17 heavy (non-hydrogen) atoms. The Hall–Kier alpha value is -0.570. The van der Waals surface area contributed by atoms with Crippen LogP contribution in [-0.4, -0.2) is 25.2 Å². The number of hydrogen-bond donors (Lipinski definition) is 1. The smallest absolute Gasteiger partial charge is 0.319 e. The number of hydrogen-bond acceptors (Lipinski definition) is 3. The Morgan fingerprint density at radius 3 is 2.88 bits per heavy atom. The largest absolute Gasteiger partial charge is 0.465 e. The van der Waals surface area contributed by atoms with Gasteiger partial charge in [-0.2, -0.15) is 0 Å². The van der Waals surface area contributed by atoms with Gasteiger partial charge in [-0.25, -0.2) is 0 Å². The zero-order chi connectivity index (χ0) is 12.5. The lowest BCUT2D eigenvalue weighted by molar-refractivity contribution is -0.142. The number of carbonyl (C=O) groups is 1. The van der Waals surface area contributed by atoms with Gasteiger partial charge in [-0.05, 0) is 25.2 Å². The maximum atomic E-state index is 11.4. The summed E-state index contributed by atoms with van der Waals surface area (Å²) in [5, 5.41) is 3.34. The van der Waals surface area contributed by atoms with Crippen LogP contribution in [0.15, 0.2) is 0 Å².